The molecule has 0 unspecified atom stereocenters. The quantitative estimate of drug-likeness (QED) is 0.642. The zero-order valence-electron chi connectivity index (χ0n) is 9.50. The van der Waals surface area contributed by atoms with Gasteiger partial charge in [0.15, 0.2) is 5.82 Å². The van der Waals surface area contributed by atoms with Crippen molar-refractivity contribution < 1.29 is 0 Å². The fourth-order valence-corrected chi connectivity index (χ4v) is 2.68. The van der Waals surface area contributed by atoms with Crippen LogP contribution in [0.1, 0.15) is 26.7 Å². The average Bonchev–Trinajstić information content (AvgIpc) is 2.59. The Morgan fingerprint density at radius 2 is 2.25 bits per heavy atom. The van der Waals surface area contributed by atoms with Crippen LogP contribution in [0.4, 0.5) is 11.6 Å². The highest BCUT2D eigenvalue weighted by atomic mass is 79.9. The van der Waals surface area contributed by atoms with Gasteiger partial charge in [0, 0.05) is 12.1 Å². The fourth-order valence-electron chi connectivity index (χ4n) is 2.15. The number of halogens is 1. The average molecular weight is 286 g/mol. The molecule has 0 aliphatic carbocycles. The van der Waals surface area contributed by atoms with Gasteiger partial charge in [-0.15, -0.1) is 0 Å². The molecule has 16 heavy (non-hydrogen) atoms. The first-order valence-corrected chi connectivity index (χ1v) is 6.10. The molecule has 88 valence electrons. The lowest BCUT2D eigenvalue weighted by molar-refractivity contribution is 0.513. The van der Waals surface area contributed by atoms with Gasteiger partial charge in [0.05, 0.1) is 0 Å². The third-order valence-electron chi connectivity index (χ3n) is 3.06. The van der Waals surface area contributed by atoms with E-state index in [0.29, 0.717) is 5.82 Å². The van der Waals surface area contributed by atoms with E-state index in [1.165, 1.54) is 19.2 Å². The lowest BCUT2D eigenvalue weighted by Crippen LogP contribution is -2.39. The van der Waals surface area contributed by atoms with Crippen LogP contribution in [0.3, 0.4) is 0 Å². The fraction of sp³-hybridized carbons (Fsp3) is 0.600. The molecule has 0 bridgehead atoms. The van der Waals surface area contributed by atoms with E-state index >= 15 is 0 Å². The monoisotopic (exact) mass is 285 g/mol. The lowest BCUT2D eigenvalue weighted by atomic mass is 10.0. The van der Waals surface area contributed by atoms with Gasteiger partial charge in [0.25, 0.3) is 0 Å². The maximum absolute atomic E-state index is 5.40. The third-order valence-corrected chi connectivity index (χ3v) is 3.79. The van der Waals surface area contributed by atoms with E-state index in [9.17, 15) is 0 Å². The van der Waals surface area contributed by atoms with Crippen LogP contribution in [0.5, 0.6) is 0 Å². The number of nitrogen functional groups attached to an aromatic ring is 1. The molecule has 1 fully saturated rings. The van der Waals surface area contributed by atoms with E-state index in [-0.39, 0.29) is 5.54 Å². The first kappa shape index (κ1) is 11.6. The van der Waals surface area contributed by atoms with Crippen LogP contribution in [0.2, 0.25) is 0 Å². The maximum Gasteiger partial charge on any atom is 0.159 e. The number of anilines is 2. The number of hydrogen-bond donors (Lipinski definition) is 2. The molecule has 1 aliphatic rings. The number of nitrogens with two attached hydrogens (primary N) is 1. The minimum absolute atomic E-state index is 0.142. The molecule has 3 N–H and O–H groups in total. The summed E-state index contributed by atoms with van der Waals surface area (Å²) in [4.78, 5) is 10.7. The van der Waals surface area contributed by atoms with Crippen molar-refractivity contribution in [1.29, 1.82) is 0 Å². The second-order valence-electron chi connectivity index (χ2n) is 4.57. The van der Waals surface area contributed by atoms with Crippen molar-refractivity contribution in [2.45, 2.75) is 32.2 Å². The van der Waals surface area contributed by atoms with Gasteiger partial charge in [0.2, 0.25) is 0 Å². The molecule has 6 heteroatoms. The highest BCUT2D eigenvalue weighted by molar-refractivity contribution is 9.10. The van der Waals surface area contributed by atoms with Crippen molar-refractivity contribution >= 4 is 27.6 Å². The number of rotatable bonds is 2. The van der Waals surface area contributed by atoms with Crippen LogP contribution in [-0.4, -0.2) is 22.1 Å². The van der Waals surface area contributed by atoms with Crippen LogP contribution in [0.15, 0.2) is 10.8 Å². The van der Waals surface area contributed by atoms with E-state index in [2.05, 4.69) is 50.1 Å². The Balaban J connectivity index is 2.41. The first-order valence-electron chi connectivity index (χ1n) is 5.31. The summed E-state index contributed by atoms with van der Waals surface area (Å²) in [5, 5.41) is 0. The molecule has 0 saturated carbocycles. The summed E-state index contributed by atoms with van der Waals surface area (Å²) in [6.45, 7) is 5.47. The molecule has 5 nitrogen and oxygen atoms in total. The molecule has 2 rings (SSSR count). The molecule has 1 saturated heterocycles. The third kappa shape index (κ3) is 1.87. The number of nitrogens with zero attached hydrogens (tertiary/aromatic N) is 3. The van der Waals surface area contributed by atoms with Crippen LogP contribution in [0, 0.1) is 0 Å². The van der Waals surface area contributed by atoms with Gasteiger partial charge in [-0.1, -0.05) is 0 Å². The van der Waals surface area contributed by atoms with Gasteiger partial charge in [-0.05, 0) is 42.6 Å². The van der Waals surface area contributed by atoms with E-state index in [1.807, 2.05) is 0 Å². The zero-order valence-corrected chi connectivity index (χ0v) is 11.1. The van der Waals surface area contributed by atoms with Crippen molar-refractivity contribution in [3.63, 3.8) is 0 Å². The van der Waals surface area contributed by atoms with Crippen molar-refractivity contribution in [1.82, 2.24) is 9.97 Å². The van der Waals surface area contributed by atoms with Gasteiger partial charge < -0.3 is 10.3 Å². The van der Waals surface area contributed by atoms with Crippen LogP contribution < -0.4 is 16.2 Å². The van der Waals surface area contributed by atoms with Crippen LogP contribution in [-0.2, 0) is 0 Å². The second kappa shape index (κ2) is 4.18. The Bertz CT molecular complexity index is 393. The van der Waals surface area contributed by atoms with Gasteiger partial charge >= 0.3 is 0 Å². The van der Waals surface area contributed by atoms with E-state index in [0.717, 1.165) is 16.8 Å². The summed E-state index contributed by atoms with van der Waals surface area (Å²) in [5.41, 5.74) is 2.70. The number of hydrogen-bond acceptors (Lipinski definition) is 5. The van der Waals surface area contributed by atoms with Crippen molar-refractivity contribution in [3.05, 3.63) is 10.8 Å². The minimum Gasteiger partial charge on any atom is -0.350 e. The Morgan fingerprint density at radius 1 is 1.50 bits per heavy atom. The highest BCUT2D eigenvalue weighted by Crippen LogP contribution is 2.37. The van der Waals surface area contributed by atoms with Gasteiger partial charge in [-0.3, -0.25) is 0 Å². The first-order chi connectivity index (χ1) is 7.56. The molecule has 2 heterocycles. The normalized spacial score (nSPS) is 18.9. The van der Waals surface area contributed by atoms with Crippen molar-refractivity contribution in [2.75, 3.05) is 16.9 Å². The molecule has 1 aliphatic heterocycles. The number of hydrazine groups is 1. The summed E-state index contributed by atoms with van der Waals surface area (Å²) in [6, 6.07) is 0. The summed E-state index contributed by atoms with van der Waals surface area (Å²) in [7, 11) is 0. The Labute approximate surface area is 104 Å². The molecule has 0 atom stereocenters. The van der Waals surface area contributed by atoms with Gasteiger partial charge in [0.1, 0.15) is 16.6 Å². The number of nitrogens with one attached hydrogen (secondary N) is 1. The molecular weight excluding hydrogens is 270 g/mol. The van der Waals surface area contributed by atoms with Crippen LogP contribution in [0.25, 0.3) is 0 Å². The molecule has 0 aromatic carbocycles. The molecule has 0 spiro atoms. The highest BCUT2D eigenvalue weighted by Gasteiger charge is 2.34. The topological polar surface area (TPSA) is 67.1 Å². The summed E-state index contributed by atoms with van der Waals surface area (Å²) < 4.78 is 0.826. The maximum atomic E-state index is 5.40. The standard InChI is InChI=1S/C10H16BrN5/c1-10(2)4-3-5-16(10)9-7(11)8(15-12)13-6-14-9/h6H,3-5,12H2,1-2H3,(H,13,14,15). The van der Waals surface area contributed by atoms with Gasteiger partial charge in [-0.25, -0.2) is 15.8 Å². The Hall–Kier alpha value is -0.880. The smallest absolute Gasteiger partial charge is 0.159 e. The lowest BCUT2D eigenvalue weighted by Gasteiger charge is -2.33. The van der Waals surface area contributed by atoms with Gasteiger partial charge in [-0.2, -0.15) is 0 Å². The predicted molar refractivity (Wildman–Crippen MR) is 68.2 cm³/mol. The molecule has 0 amide bonds. The minimum atomic E-state index is 0.142. The molecule has 1 aromatic rings. The Kier molecular flexibility index (Phi) is 3.03. The molecule has 1 aromatic heterocycles. The van der Waals surface area contributed by atoms with E-state index in [1.54, 1.807) is 0 Å². The second-order valence-corrected chi connectivity index (χ2v) is 5.36. The van der Waals surface area contributed by atoms with Crippen molar-refractivity contribution in [2.24, 2.45) is 5.84 Å². The van der Waals surface area contributed by atoms with E-state index in [4.69, 9.17) is 5.84 Å². The summed E-state index contributed by atoms with van der Waals surface area (Å²) in [6.07, 6.45) is 3.90. The zero-order chi connectivity index (χ0) is 11.8. The SMILES string of the molecule is CC1(C)CCCN1c1ncnc(NN)c1Br. The Morgan fingerprint density at radius 3 is 2.81 bits per heavy atom. The largest absolute Gasteiger partial charge is 0.350 e. The van der Waals surface area contributed by atoms with Crippen molar-refractivity contribution in [3.8, 4) is 0 Å². The summed E-state index contributed by atoms with van der Waals surface area (Å²) >= 11 is 3.49. The van der Waals surface area contributed by atoms with E-state index < -0.39 is 0 Å². The predicted octanol–water partition coefficient (Wildman–Crippen LogP) is 1.90. The molecular formula is C10H16BrN5. The van der Waals surface area contributed by atoms with Crippen LogP contribution >= 0.6 is 15.9 Å². The molecule has 0 radical (unpaired) electrons. The summed E-state index contributed by atoms with van der Waals surface area (Å²) in [5.74, 6) is 6.92. The number of aromatic nitrogens is 2.